The third kappa shape index (κ3) is 2.28. The van der Waals surface area contributed by atoms with E-state index < -0.39 is 0 Å². The summed E-state index contributed by atoms with van der Waals surface area (Å²) in [5, 5.41) is 19.3. The van der Waals surface area contributed by atoms with Gasteiger partial charge in [-0.1, -0.05) is 12.1 Å². The van der Waals surface area contributed by atoms with Crippen molar-refractivity contribution in [2.45, 2.75) is 19.9 Å². The van der Waals surface area contributed by atoms with E-state index in [1.54, 1.807) is 6.20 Å². The predicted octanol–water partition coefficient (Wildman–Crippen LogP) is 2.76. The zero-order valence-electron chi connectivity index (χ0n) is 9.86. The Morgan fingerprint density at radius 2 is 2.24 bits per heavy atom. The Bertz CT molecular complexity index is 537. The molecule has 4 nitrogen and oxygen atoms in total. The van der Waals surface area contributed by atoms with Crippen LogP contribution in [0.1, 0.15) is 29.8 Å². The van der Waals surface area contributed by atoms with Gasteiger partial charge in [0.15, 0.2) is 0 Å². The molecule has 0 aliphatic carbocycles. The maximum absolute atomic E-state index is 9.13. The summed E-state index contributed by atoms with van der Waals surface area (Å²) < 4.78 is 0. The molecule has 0 aliphatic rings. The van der Waals surface area contributed by atoms with Crippen molar-refractivity contribution < 1.29 is 0 Å². The van der Waals surface area contributed by atoms with Gasteiger partial charge in [0, 0.05) is 6.20 Å². The molecule has 0 bridgehead atoms. The van der Waals surface area contributed by atoms with Crippen LogP contribution in [0.4, 0.5) is 5.69 Å². The third-order valence-corrected chi connectivity index (χ3v) is 2.75. The van der Waals surface area contributed by atoms with E-state index in [0.717, 1.165) is 16.9 Å². The zero-order chi connectivity index (χ0) is 12.3. The molecule has 2 aromatic rings. The minimum Gasteiger partial charge on any atom is -0.376 e. The predicted molar refractivity (Wildman–Crippen MR) is 66.5 cm³/mol. The molecule has 1 unspecified atom stereocenters. The Morgan fingerprint density at radius 3 is 2.88 bits per heavy atom. The summed E-state index contributed by atoms with van der Waals surface area (Å²) in [6.45, 7) is 3.96. The largest absolute Gasteiger partial charge is 0.376 e. The van der Waals surface area contributed by atoms with Crippen molar-refractivity contribution in [3.05, 3.63) is 47.3 Å². The SMILES string of the molecule is Cc1cccc(NC(C)c2ccn[nH]2)c1C#N. The molecule has 86 valence electrons. The van der Waals surface area contributed by atoms with Gasteiger partial charge in [-0.2, -0.15) is 10.4 Å². The van der Waals surface area contributed by atoms with Crippen molar-refractivity contribution in [3.8, 4) is 6.07 Å². The van der Waals surface area contributed by atoms with Crippen LogP contribution in [0.2, 0.25) is 0 Å². The molecule has 0 saturated carbocycles. The van der Waals surface area contributed by atoms with Crippen LogP contribution in [0.5, 0.6) is 0 Å². The normalized spacial score (nSPS) is 11.8. The van der Waals surface area contributed by atoms with Crippen LogP contribution >= 0.6 is 0 Å². The van der Waals surface area contributed by atoms with Crippen molar-refractivity contribution in [1.29, 1.82) is 5.26 Å². The van der Waals surface area contributed by atoms with E-state index in [2.05, 4.69) is 21.6 Å². The molecule has 0 amide bonds. The van der Waals surface area contributed by atoms with Gasteiger partial charge < -0.3 is 5.32 Å². The summed E-state index contributed by atoms with van der Waals surface area (Å²) in [4.78, 5) is 0. The Labute approximate surface area is 100 Å². The van der Waals surface area contributed by atoms with Gasteiger partial charge in [-0.05, 0) is 31.5 Å². The molecule has 4 heteroatoms. The summed E-state index contributed by atoms with van der Waals surface area (Å²) in [7, 11) is 0. The van der Waals surface area contributed by atoms with Gasteiger partial charge in [0.2, 0.25) is 0 Å². The van der Waals surface area contributed by atoms with Crippen molar-refractivity contribution >= 4 is 5.69 Å². The summed E-state index contributed by atoms with van der Waals surface area (Å²) in [6.07, 6.45) is 1.72. The fourth-order valence-corrected chi connectivity index (χ4v) is 1.76. The number of aromatic nitrogens is 2. The first-order valence-corrected chi connectivity index (χ1v) is 5.48. The van der Waals surface area contributed by atoms with Gasteiger partial charge in [0.25, 0.3) is 0 Å². The molecule has 1 aromatic heterocycles. The smallest absolute Gasteiger partial charge is 0.102 e. The maximum atomic E-state index is 9.13. The lowest BCUT2D eigenvalue weighted by molar-refractivity contribution is 0.825. The highest BCUT2D eigenvalue weighted by Crippen LogP contribution is 2.23. The Morgan fingerprint density at radius 1 is 1.41 bits per heavy atom. The number of rotatable bonds is 3. The van der Waals surface area contributed by atoms with Gasteiger partial charge in [0.1, 0.15) is 6.07 Å². The Kier molecular flexibility index (Phi) is 3.10. The fourth-order valence-electron chi connectivity index (χ4n) is 1.76. The number of H-pyrrole nitrogens is 1. The molecule has 0 radical (unpaired) electrons. The van der Waals surface area contributed by atoms with Gasteiger partial charge >= 0.3 is 0 Å². The molecule has 0 fully saturated rings. The van der Waals surface area contributed by atoms with Crippen molar-refractivity contribution in [2.24, 2.45) is 0 Å². The number of nitrogens with zero attached hydrogens (tertiary/aromatic N) is 2. The number of benzene rings is 1. The molecule has 0 aliphatic heterocycles. The molecule has 2 N–H and O–H groups in total. The molecule has 2 rings (SSSR count). The highest BCUT2D eigenvalue weighted by molar-refractivity contribution is 5.61. The first-order chi connectivity index (χ1) is 8.22. The second kappa shape index (κ2) is 4.71. The lowest BCUT2D eigenvalue weighted by Crippen LogP contribution is -2.08. The van der Waals surface area contributed by atoms with Gasteiger partial charge in [0.05, 0.1) is 23.0 Å². The number of anilines is 1. The topological polar surface area (TPSA) is 64.5 Å². The zero-order valence-corrected chi connectivity index (χ0v) is 9.86. The van der Waals surface area contributed by atoms with Crippen molar-refractivity contribution in [1.82, 2.24) is 10.2 Å². The monoisotopic (exact) mass is 226 g/mol. The molecule has 0 saturated heterocycles. The van der Waals surface area contributed by atoms with Crippen LogP contribution in [0.3, 0.4) is 0 Å². The summed E-state index contributed by atoms with van der Waals surface area (Å²) in [6, 6.07) is 10.0. The molecular formula is C13H14N4. The summed E-state index contributed by atoms with van der Waals surface area (Å²) in [5.41, 5.74) is 3.53. The minimum atomic E-state index is 0.0893. The molecule has 1 heterocycles. The number of hydrogen-bond acceptors (Lipinski definition) is 3. The van der Waals surface area contributed by atoms with E-state index in [0.29, 0.717) is 5.56 Å². The third-order valence-electron chi connectivity index (χ3n) is 2.75. The fraction of sp³-hybridized carbons (Fsp3) is 0.231. The van der Waals surface area contributed by atoms with Crippen LogP contribution < -0.4 is 5.32 Å². The average molecular weight is 226 g/mol. The van der Waals surface area contributed by atoms with Crippen LogP contribution in [0, 0.1) is 18.3 Å². The minimum absolute atomic E-state index is 0.0893. The van der Waals surface area contributed by atoms with E-state index in [1.807, 2.05) is 38.1 Å². The average Bonchev–Trinajstić information content (AvgIpc) is 2.82. The van der Waals surface area contributed by atoms with Gasteiger partial charge in [-0.15, -0.1) is 0 Å². The van der Waals surface area contributed by atoms with Crippen LogP contribution in [0.25, 0.3) is 0 Å². The summed E-state index contributed by atoms with van der Waals surface area (Å²) in [5.74, 6) is 0. The van der Waals surface area contributed by atoms with Crippen LogP contribution in [0.15, 0.2) is 30.5 Å². The van der Waals surface area contributed by atoms with Gasteiger partial charge in [-0.3, -0.25) is 5.10 Å². The van der Waals surface area contributed by atoms with E-state index >= 15 is 0 Å². The van der Waals surface area contributed by atoms with E-state index in [1.165, 1.54) is 0 Å². The Hall–Kier alpha value is -2.28. The highest BCUT2D eigenvalue weighted by Gasteiger charge is 2.10. The van der Waals surface area contributed by atoms with E-state index in [-0.39, 0.29) is 6.04 Å². The first-order valence-electron chi connectivity index (χ1n) is 5.48. The maximum Gasteiger partial charge on any atom is 0.102 e. The first kappa shape index (κ1) is 11.2. The van der Waals surface area contributed by atoms with Crippen LogP contribution in [-0.4, -0.2) is 10.2 Å². The molecule has 1 atom stereocenters. The van der Waals surface area contributed by atoms with Crippen molar-refractivity contribution in [3.63, 3.8) is 0 Å². The summed E-state index contributed by atoms with van der Waals surface area (Å²) >= 11 is 0. The van der Waals surface area contributed by atoms with Crippen molar-refractivity contribution in [2.75, 3.05) is 5.32 Å². The Balaban J connectivity index is 2.25. The van der Waals surface area contributed by atoms with Gasteiger partial charge in [-0.25, -0.2) is 0 Å². The van der Waals surface area contributed by atoms with E-state index in [9.17, 15) is 0 Å². The number of aryl methyl sites for hydroxylation is 1. The molecule has 1 aromatic carbocycles. The number of nitrogens with one attached hydrogen (secondary N) is 2. The van der Waals surface area contributed by atoms with Crippen LogP contribution in [-0.2, 0) is 0 Å². The standard InChI is InChI=1S/C13H14N4/c1-9-4-3-5-13(11(9)8-14)16-10(2)12-6-7-15-17-12/h3-7,10,16H,1-2H3,(H,15,17). The molecular weight excluding hydrogens is 212 g/mol. The van der Waals surface area contributed by atoms with E-state index in [4.69, 9.17) is 5.26 Å². The highest BCUT2D eigenvalue weighted by atomic mass is 15.1. The second-order valence-corrected chi connectivity index (χ2v) is 3.99. The lowest BCUT2D eigenvalue weighted by atomic mass is 10.1. The molecule has 17 heavy (non-hydrogen) atoms. The lowest BCUT2D eigenvalue weighted by Gasteiger charge is -2.15. The quantitative estimate of drug-likeness (QED) is 0.845. The number of nitriles is 1. The second-order valence-electron chi connectivity index (χ2n) is 3.99. The number of aromatic amines is 1. The number of hydrogen-bond donors (Lipinski definition) is 2. The molecule has 0 spiro atoms.